The van der Waals surface area contributed by atoms with E-state index in [2.05, 4.69) is 15.5 Å². The lowest BCUT2D eigenvalue weighted by atomic mass is 10.1. The van der Waals surface area contributed by atoms with E-state index >= 15 is 0 Å². The molecule has 0 spiro atoms. The van der Waals surface area contributed by atoms with Gasteiger partial charge in [-0.25, -0.2) is 0 Å². The normalized spacial score (nSPS) is 11.9. The first kappa shape index (κ1) is 20.5. The SMILES string of the molecule is COc1ccc(-n2cnnc2SCC(=O)NC(C)c2ccc(Cl)cc2Cl)cc1. The van der Waals surface area contributed by atoms with Crippen molar-refractivity contribution in [3.8, 4) is 11.4 Å². The lowest BCUT2D eigenvalue weighted by Gasteiger charge is -2.16. The molecule has 1 N–H and O–H groups in total. The number of nitrogens with one attached hydrogen (secondary N) is 1. The maximum atomic E-state index is 12.4. The molecule has 0 saturated carbocycles. The van der Waals surface area contributed by atoms with Gasteiger partial charge in [0, 0.05) is 15.7 Å². The number of amides is 1. The molecule has 3 aromatic rings. The van der Waals surface area contributed by atoms with Crippen molar-refractivity contribution in [2.75, 3.05) is 12.9 Å². The third-order valence-electron chi connectivity index (χ3n) is 4.01. The third-order valence-corrected chi connectivity index (χ3v) is 5.51. The molecule has 0 fully saturated rings. The van der Waals surface area contributed by atoms with Crippen molar-refractivity contribution in [3.05, 3.63) is 64.4 Å². The number of halogens is 2. The second kappa shape index (κ2) is 9.32. The van der Waals surface area contributed by atoms with E-state index in [1.54, 1.807) is 25.6 Å². The molecule has 1 heterocycles. The Morgan fingerprint density at radius 3 is 2.68 bits per heavy atom. The van der Waals surface area contributed by atoms with Gasteiger partial charge in [-0.15, -0.1) is 10.2 Å². The van der Waals surface area contributed by atoms with Gasteiger partial charge in [0.1, 0.15) is 12.1 Å². The molecule has 146 valence electrons. The van der Waals surface area contributed by atoms with Gasteiger partial charge in [0.15, 0.2) is 5.16 Å². The fraction of sp³-hybridized carbons (Fsp3) is 0.211. The standard InChI is InChI=1S/C19H18Cl2N4O2S/c1-12(16-8-3-13(20)9-17(16)21)23-18(26)10-28-19-24-22-11-25(19)14-4-6-15(27-2)7-5-14/h3-9,11-12H,10H2,1-2H3,(H,23,26). The minimum absolute atomic E-state index is 0.132. The van der Waals surface area contributed by atoms with E-state index < -0.39 is 0 Å². The van der Waals surface area contributed by atoms with Crippen molar-refractivity contribution < 1.29 is 9.53 Å². The summed E-state index contributed by atoms with van der Waals surface area (Å²) in [5, 5.41) is 12.7. The number of ether oxygens (including phenoxy) is 1. The van der Waals surface area contributed by atoms with Crippen LogP contribution in [0.3, 0.4) is 0 Å². The van der Waals surface area contributed by atoms with Gasteiger partial charge < -0.3 is 10.1 Å². The van der Waals surface area contributed by atoms with Crippen molar-refractivity contribution in [3.63, 3.8) is 0 Å². The van der Waals surface area contributed by atoms with Gasteiger partial charge in [-0.2, -0.15) is 0 Å². The summed E-state index contributed by atoms with van der Waals surface area (Å²) in [5.41, 5.74) is 1.70. The molecule has 0 aliphatic carbocycles. The van der Waals surface area contributed by atoms with E-state index in [1.807, 2.05) is 41.8 Å². The predicted octanol–water partition coefficient (Wildman–Crippen LogP) is 4.55. The van der Waals surface area contributed by atoms with Crippen LogP contribution in [0.5, 0.6) is 5.75 Å². The molecular formula is C19H18Cl2N4O2S. The minimum atomic E-state index is -0.239. The average Bonchev–Trinajstić information content (AvgIpc) is 3.15. The van der Waals surface area contributed by atoms with Gasteiger partial charge in [0.25, 0.3) is 0 Å². The first-order valence-electron chi connectivity index (χ1n) is 8.39. The molecule has 2 aromatic carbocycles. The monoisotopic (exact) mass is 436 g/mol. The molecule has 3 rings (SSSR count). The zero-order chi connectivity index (χ0) is 20.1. The molecule has 0 aliphatic heterocycles. The maximum absolute atomic E-state index is 12.4. The summed E-state index contributed by atoms with van der Waals surface area (Å²) in [6.45, 7) is 1.87. The van der Waals surface area contributed by atoms with Crippen LogP contribution in [0.4, 0.5) is 0 Å². The van der Waals surface area contributed by atoms with E-state index in [9.17, 15) is 4.79 Å². The van der Waals surface area contributed by atoms with E-state index in [4.69, 9.17) is 27.9 Å². The number of aromatic nitrogens is 3. The van der Waals surface area contributed by atoms with Crippen LogP contribution < -0.4 is 10.1 Å². The van der Waals surface area contributed by atoms with Gasteiger partial charge in [0.2, 0.25) is 5.91 Å². The van der Waals surface area contributed by atoms with Crippen molar-refractivity contribution in [1.82, 2.24) is 20.1 Å². The molecule has 1 amide bonds. The highest BCUT2D eigenvalue weighted by atomic mass is 35.5. The minimum Gasteiger partial charge on any atom is -0.497 e. The number of benzene rings is 2. The highest BCUT2D eigenvalue weighted by Crippen LogP contribution is 2.26. The molecule has 0 saturated heterocycles. The molecule has 1 atom stereocenters. The summed E-state index contributed by atoms with van der Waals surface area (Å²) in [4.78, 5) is 12.4. The number of carbonyl (C=O) groups excluding carboxylic acids is 1. The number of nitrogens with zero attached hydrogens (tertiary/aromatic N) is 3. The maximum Gasteiger partial charge on any atom is 0.230 e. The first-order chi connectivity index (χ1) is 13.5. The lowest BCUT2D eigenvalue weighted by molar-refractivity contribution is -0.119. The Hall–Kier alpha value is -2.22. The number of thioether (sulfide) groups is 1. The molecule has 1 aromatic heterocycles. The summed E-state index contributed by atoms with van der Waals surface area (Å²) in [6, 6.07) is 12.5. The Morgan fingerprint density at radius 1 is 1.25 bits per heavy atom. The Morgan fingerprint density at radius 2 is 2.00 bits per heavy atom. The Labute approximate surface area is 177 Å². The predicted molar refractivity (Wildman–Crippen MR) is 112 cm³/mol. The second-order valence-electron chi connectivity index (χ2n) is 5.93. The average molecular weight is 437 g/mol. The van der Waals surface area contributed by atoms with Crippen LogP contribution in [-0.2, 0) is 4.79 Å². The largest absolute Gasteiger partial charge is 0.497 e. The van der Waals surface area contributed by atoms with Crippen LogP contribution >= 0.6 is 35.0 Å². The van der Waals surface area contributed by atoms with Gasteiger partial charge >= 0.3 is 0 Å². The number of hydrogen-bond acceptors (Lipinski definition) is 5. The molecule has 1 unspecified atom stereocenters. The summed E-state index contributed by atoms with van der Waals surface area (Å²) in [6.07, 6.45) is 1.61. The van der Waals surface area contributed by atoms with Crippen LogP contribution in [0.2, 0.25) is 10.0 Å². The number of hydrogen-bond donors (Lipinski definition) is 1. The molecule has 0 radical (unpaired) electrons. The van der Waals surface area contributed by atoms with Crippen molar-refractivity contribution >= 4 is 40.9 Å². The van der Waals surface area contributed by atoms with Crippen molar-refractivity contribution in [1.29, 1.82) is 0 Å². The zero-order valence-corrected chi connectivity index (χ0v) is 17.6. The number of methoxy groups -OCH3 is 1. The lowest BCUT2D eigenvalue weighted by Crippen LogP contribution is -2.28. The first-order valence-corrected chi connectivity index (χ1v) is 10.1. The third kappa shape index (κ3) is 4.98. The van der Waals surface area contributed by atoms with E-state index in [-0.39, 0.29) is 17.7 Å². The summed E-state index contributed by atoms with van der Waals surface area (Å²) in [7, 11) is 1.62. The smallest absolute Gasteiger partial charge is 0.230 e. The highest BCUT2D eigenvalue weighted by Gasteiger charge is 2.15. The number of carbonyl (C=O) groups is 1. The molecular weight excluding hydrogens is 419 g/mol. The zero-order valence-electron chi connectivity index (χ0n) is 15.2. The van der Waals surface area contributed by atoms with Crippen LogP contribution in [0.1, 0.15) is 18.5 Å². The second-order valence-corrected chi connectivity index (χ2v) is 7.71. The highest BCUT2D eigenvalue weighted by molar-refractivity contribution is 7.99. The molecule has 9 heteroatoms. The Bertz CT molecular complexity index is 963. The Balaban J connectivity index is 1.61. The van der Waals surface area contributed by atoms with Crippen LogP contribution in [0.15, 0.2) is 53.9 Å². The number of rotatable bonds is 7. The summed E-state index contributed by atoms with van der Waals surface area (Å²) in [5.74, 6) is 0.831. The quantitative estimate of drug-likeness (QED) is 0.550. The molecule has 0 aliphatic rings. The van der Waals surface area contributed by atoms with Crippen LogP contribution in [0, 0.1) is 0 Å². The van der Waals surface area contributed by atoms with E-state index in [0.717, 1.165) is 17.0 Å². The molecule has 6 nitrogen and oxygen atoms in total. The van der Waals surface area contributed by atoms with Gasteiger partial charge in [-0.3, -0.25) is 9.36 Å². The van der Waals surface area contributed by atoms with Crippen molar-refractivity contribution in [2.45, 2.75) is 18.1 Å². The van der Waals surface area contributed by atoms with Gasteiger partial charge in [-0.1, -0.05) is 41.0 Å². The summed E-state index contributed by atoms with van der Waals surface area (Å²) < 4.78 is 6.99. The van der Waals surface area contributed by atoms with Crippen molar-refractivity contribution in [2.24, 2.45) is 0 Å². The fourth-order valence-corrected chi connectivity index (χ4v) is 3.90. The Kier molecular flexibility index (Phi) is 6.83. The van der Waals surface area contributed by atoms with E-state index in [1.165, 1.54) is 11.8 Å². The van der Waals surface area contributed by atoms with Crippen LogP contribution in [0.25, 0.3) is 5.69 Å². The topological polar surface area (TPSA) is 69.0 Å². The van der Waals surface area contributed by atoms with Crippen LogP contribution in [-0.4, -0.2) is 33.5 Å². The van der Waals surface area contributed by atoms with Gasteiger partial charge in [-0.05, 0) is 48.9 Å². The molecule has 28 heavy (non-hydrogen) atoms. The summed E-state index contributed by atoms with van der Waals surface area (Å²) >= 11 is 13.4. The molecule has 0 bridgehead atoms. The van der Waals surface area contributed by atoms with E-state index in [0.29, 0.717) is 15.2 Å². The van der Waals surface area contributed by atoms with Gasteiger partial charge in [0.05, 0.1) is 18.9 Å². The fourth-order valence-electron chi connectivity index (χ4n) is 2.59.